The van der Waals surface area contributed by atoms with Crippen molar-refractivity contribution in [3.05, 3.63) is 46.9 Å². The fraction of sp³-hybridized carbons (Fsp3) is 0.545. The van der Waals surface area contributed by atoms with Crippen LogP contribution in [0.4, 0.5) is 15.9 Å². The summed E-state index contributed by atoms with van der Waals surface area (Å²) in [6.45, 7) is 12.5. The van der Waals surface area contributed by atoms with Gasteiger partial charge in [-0.25, -0.2) is 4.39 Å². The highest BCUT2D eigenvalue weighted by molar-refractivity contribution is 6.16. The molecule has 3 aromatic rings. The van der Waals surface area contributed by atoms with Gasteiger partial charge in [-0.15, -0.1) is 0 Å². The number of hydrogen-bond donors (Lipinski definition) is 1. The highest BCUT2D eigenvalue weighted by Gasteiger charge is 2.38. The van der Waals surface area contributed by atoms with Crippen LogP contribution in [0.3, 0.4) is 0 Å². The minimum atomic E-state index is -0.334. The Balaban J connectivity index is 1.36. The molecule has 0 saturated carbocycles. The van der Waals surface area contributed by atoms with E-state index in [1.165, 1.54) is 31.4 Å². The van der Waals surface area contributed by atoms with Crippen LogP contribution in [-0.4, -0.2) is 78.4 Å². The van der Waals surface area contributed by atoms with Crippen LogP contribution in [0.5, 0.6) is 11.8 Å². The van der Waals surface area contributed by atoms with E-state index in [2.05, 4.69) is 23.6 Å². The third-order valence-electron chi connectivity index (χ3n) is 8.70. The maximum atomic E-state index is 14.9. The molecular weight excluding hydrogens is 549 g/mol. The summed E-state index contributed by atoms with van der Waals surface area (Å²) in [6.07, 6.45) is 5.02. The molecule has 2 saturated heterocycles. The summed E-state index contributed by atoms with van der Waals surface area (Å²) < 4.78 is 26.9. The maximum absolute atomic E-state index is 14.9. The van der Waals surface area contributed by atoms with E-state index in [-0.39, 0.29) is 35.4 Å². The van der Waals surface area contributed by atoms with Gasteiger partial charge in [0.15, 0.2) is 0 Å². The molecule has 1 amide bonds. The predicted octanol–water partition coefficient (Wildman–Crippen LogP) is 5.31. The summed E-state index contributed by atoms with van der Waals surface area (Å²) in [4.78, 5) is 30.0. The average molecular weight is 592 g/mol. The monoisotopic (exact) mass is 591 g/mol. The smallest absolute Gasteiger partial charge is 0.318 e. The first-order valence-corrected chi connectivity index (χ1v) is 15.6. The third kappa shape index (κ3) is 6.13. The van der Waals surface area contributed by atoms with Gasteiger partial charge in [0.1, 0.15) is 22.9 Å². The molecule has 9 nitrogen and oxygen atoms in total. The molecule has 0 radical (unpaired) electrons. The topological polar surface area (TPSA) is 91.3 Å². The van der Waals surface area contributed by atoms with Crippen LogP contribution in [0.1, 0.15) is 68.1 Å². The zero-order valence-corrected chi connectivity index (χ0v) is 25.5. The van der Waals surface area contributed by atoms with E-state index in [4.69, 9.17) is 19.4 Å². The number of carbonyl (C=O) groups is 1. The first-order chi connectivity index (χ1) is 20.7. The number of phenols is 1. The van der Waals surface area contributed by atoms with E-state index >= 15 is 0 Å². The predicted molar refractivity (Wildman–Crippen MR) is 165 cm³/mol. The van der Waals surface area contributed by atoms with Gasteiger partial charge < -0.3 is 29.3 Å². The Hall–Kier alpha value is -3.50. The number of carbonyl (C=O) groups excluding carboxylic acids is 1. The number of piperidine rings is 1. The summed E-state index contributed by atoms with van der Waals surface area (Å²) in [5.74, 6) is -0.0570. The minimum absolute atomic E-state index is 0.0100. The largest absolute Gasteiger partial charge is 0.508 e. The van der Waals surface area contributed by atoms with Gasteiger partial charge in [0.25, 0.3) is 5.91 Å². The minimum Gasteiger partial charge on any atom is -0.508 e. The molecule has 3 aliphatic rings. The van der Waals surface area contributed by atoms with Crippen LogP contribution in [0.15, 0.2) is 24.3 Å². The van der Waals surface area contributed by atoms with E-state index in [0.717, 1.165) is 26.1 Å². The number of likely N-dealkylation sites (tertiary alicyclic amines) is 1. The van der Waals surface area contributed by atoms with Gasteiger partial charge in [-0.2, -0.15) is 9.97 Å². The van der Waals surface area contributed by atoms with Crippen molar-refractivity contribution in [2.24, 2.45) is 5.41 Å². The Morgan fingerprint density at radius 2 is 1.86 bits per heavy atom. The number of phenolic OH excluding ortho intramolecular Hbond substituents is 1. The first kappa shape index (κ1) is 29.6. The number of halogens is 1. The molecule has 0 atom stereocenters. The summed E-state index contributed by atoms with van der Waals surface area (Å²) in [6, 6.07) is 6.44. The second kappa shape index (κ2) is 12.2. The molecule has 6 rings (SSSR count). The number of nitrogens with zero attached hydrogens (tertiary/aromatic N) is 5. The zero-order chi connectivity index (χ0) is 30.1. The van der Waals surface area contributed by atoms with Crippen molar-refractivity contribution < 1.29 is 23.8 Å². The van der Waals surface area contributed by atoms with Crippen LogP contribution in [0.25, 0.3) is 10.8 Å². The molecule has 230 valence electrons. The van der Waals surface area contributed by atoms with Gasteiger partial charge >= 0.3 is 6.01 Å². The highest BCUT2D eigenvalue weighted by Crippen LogP contribution is 2.41. The second-order valence-electron chi connectivity index (χ2n) is 12.7. The number of aromatic nitrogens is 2. The van der Waals surface area contributed by atoms with Crippen molar-refractivity contribution in [1.29, 1.82) is 0 Å². The van der Waals surface area contributed by atoms with Crippen molar-refractivity contribution in [2.75, 3.05) is 62.3 Å². The summed E-state index contributed by atoms with van der Waals surface area (Å²) in [5.41, 5.74) is 1.85. The standard InChI is InChI=1S/C33H42FN5O4/c1-4-24-25(34)10-9-22-17-23(40)18-27(28(22)24)39-19-26-29(31(39)41)30(38-13-8-15-42-16-14-38)36-32(35-26)43-21-33(2,3)20-37-11-6-5-7-12-37/h9-10,17-18,40H,4-8,11-16,19-21H2,1-3H3. The van der Waals surface area contributed by atoms with Gasteiger partial charge in [0.2, 0.25) is 0 Å². The number of ether oxygens (including phenoxy) is 2. The zero-order valence-electron chi connectivity index (χ0n) is 25.5. The number of benzene rings is 2. The molecule has 3 aliphatic heterocycles. The van der Waals surface area contributed by atoms with Crippen LogP contribution in [-0.2, 0) is 17.7 Å². The normalized spacial score (nSPS) is 18.3. The molecule has 2 aromatic carbocycles. The summed E-state index contributed by atoms with van der Waals surface area (Å²) >= 11 is 0. The van der Waals surface area contributed by atoms with E-state index in [9.17, 15) is 14.3 Å². The fourth-order valence-electron chi connectivity index (χ4n) is 6.67. The Kier molecular flexibility index (Phi) is 8.42. The van der Waals surface area contributed by atoms with Gasteiger partial charge in [-0.05, 0) is 61.9 Å². The lowest BCUT2D eigenvalue weighted by Crippen LogP contribution is -2.40. The number of fused-ring (bicyclic) bond motifs is 2. The number of aryl methyl sites for hydroxylation is 1. The fourth-order valence-corrected chi connectivity index (χ4v) is 6.67. The van der Waals surface area contributed by atoms with Crippen molar-refractivity contribution in [2.45, 2.75) is 59.4 Å². The van der Waals surface area contributed by atoms with Gasteiger partial charge in [0, 0.05) is 43.1 Å². The molecular formula is C33H42FN5O4. The van der Waals surface area contributed by atoms with Crippen LogP contribution < -0.4 is 14.5 Å². The Morgan fingerprint density at radius 1 is 1.05 bits per heavy atom. The van der Waals surface area contributed by atoms with Crippen molar-refractivity contribution in [3.8, 4) is 11.8 Å². The molecule has 43 heavy (non-hydrogen) atoms. The summed E-state index contributed by atoms with van der Waals surface area (Å²) in [5, 5.41) is 11.9. The Bertz CT molecular complexity index is 1500. The lowest BCUT2D eigenvalue weighted by molar-refractivity contribution is 0.0980. The maximum Gasteiger partial charge on any atom is 0.318 e. The van der Waals surface area contributed by atoms with Crippen molar-refractivity contribution in [3.63, 3.8) is 0 Å². The summed E-state index contributed by atoms with van der Waals surface area (Å²) in [7, 11) is 0. The lowest BCUT2D eigenvalue weighted by atomic mass is 9.93. The van der Waals surface area contributed by atoms with E-state index in [1.54, 1.807) is 17.0 Å². The number of aromatic hydroxyl groups is 1. The van der Waals surface area contributed by atoms with Crippen LogP contribution >= 0.6 is 0 Å². The van der Waals surface area contributed by atoms with E-state index in [0.29, 0.717) is 78.4 Å². The Morgan fingerprint density at radius 3 is 2.65 bits per heavy atom. The quantitative estimate of drug-likeness (QED) is 0.377. The molecule has 4 heterocycles. The lowest BCUT2D eigenvalue weighted by Gasteiger charge is -2.34. The van der Waals surface area contributed by atoms with Crippen molar-refractivity contribution in [1.82, 2.24) is 14.9 Å². The number of rotatable bonds is 8. The third-order valence-corrected chi connectivity index (χ3v) is 8.70. The molecule has 0 aliphatic carbocycles. The molecule has 0 bridgehead atoms. The molecule has 0 unspecified atom stereocenters. The van der Waals surface area contributed by atoms with Crippen LogP contribution in [0, 0.1) is 11.2 Å². The first-order valence-electron chi connectivity index (χ1n) is 15.6. The average Bonchev–Trinajstić information content (AvgIpc) is 3.13. The van der Waals surface area contributed by atoms with E-state index < -0.39 is 0 Å². The van der Waals surface area contributed by atoms with Gasteiger partial charge in [-0.3, -0.25) is 4.79 Å². The van der Waals surface area contributed by atoms with Gasteiger partial charge in [0.05, 0.1) is 31.1 Å². The number of amides is 1. The molecule has 1 aromatic heterocycles. The van der Waals surface area contributed by atoms with E-state index in [1.807, 2.05) is 6.92 Å². The molecule has 10 heteroatoms. The highest BCUT2D eigenvalue weighted by atomic mass is 19.1. The van der Waals surface area contributed by atoms with Crippen molar-refractivity contribution >= 4 is 28.2 Å². The second-order valence-corrected chi connectivity index (χ2v) is 12.7. The van der Waals surface area contributed by atoms with Crippen LogP contribution in [0.2, 0.25) is 0 Å². The number of hydrogen-bond acceptors (Lipinski definition) is 8. The Labute approximate surface area is 252 Å². The van der Waals surface area contributed by atoms with Gasteiger partial charge in [-0.1, -0.05) is 33.3 Å². The molecule has 2 fully saturated rings. The molecule has 0 spiro atoms. The number of anilines is 2. The molecule has 1 N–H and O–H groups in total. The SMILES string of the molecule is CCc1c(F)ccc2cc(O)cc(N3Cc4nc(OCC(C)(C)CN5CCCCC5)nc(N5CCCOCC5)c4C3=O)c12.